The van der Waals surface area contributed by atoms with E-state index < -0.39 is 5.60 Å². The maximum absolute atomic E-state index is 10.4. The molecule has 0 aromatic carbocycles. The van der Waals surface area contributed by atoms with Gasteiger partial charge in [0.25, 0.3) is 0 Å². The van der Waals surface area contributed by atoms with Gasteiger partial charge in [0.2, 0.25) is 0 Å². The molecule has 0 aromatic rings. The van der Waals surface area contributed by atoms with E-state index in [9.17, 15) is 10.2 Å². The second-order valence-corrected chi connectivity index (χ2v) is 14.3. The van der Waals surface area contributed by atoms with Gasteiger partial charge in [-0.2, -0.15) is 0 Å². The van der Waals surface area contributed by atoms with Gasteiger partial charge in [0.05, 0.1) is 11.7 Å². The van der Waals surface area contributed by atoms with Gasteiger partial charge in [-0.05, 0) is 150 Å². The van der Waals surface area contributed by atoms with Gasteiger partial charge in [-0.1, -0.05) is 20.8 Å². The Kier molecular flexibility index (Phi) is 7.66. The van der Waals surface area contributed by atoms with Crippen molar-refractivity contribution >= 4 is 0 Å². The summed E-state index contributed by atoms with van der Waals surface area (Å²) in [4.78, 5) is 0. The fourth-order valence-electron chi connectivity index (χ4n) is 10.2. The van der Waals surface area contributed by atoms with Crippen molar-refractivity contribution in [2.45, 2.75) is 130 Å². The highest BCUT2D eigenvalue weighted by Crippen LogP contribution is 2.68. The van der Waals surface area contributed by atoms with Gasteiger partial charge < -0.3 is 15.3 Å². The molecular weight excluding hydrogens is 408 g/mol. The lowest BCUT2D eigenvalue weighted by Crippen LogP contribution is -2.54. The highest BCUT2D eigenvalue weighted by Gasteiger charge is 2.60. The summed E-state index contributed by atoms with van der Waals surface area (Å²) >= 11 is 0. The van der Waals surface area contributed by atoms with Crippen molar-refractivity contribution in [2.24, 2.45) is 52.3 Å². The summed E-state index contributed by atoms with van der Waals surface area (Å²) in [6.07, 6.45) is 15.7. The number of fused-ring (bicyclic) bond motifs is 5. The average molecular weight is 463 g/mol. The molecule has 4 fully saturated rings. The zero-order chi connectivity index (χ0) is 24.0. The number of aliphatic hydroxyl groups excluding tert-OH is 2. The van der Waals surface area contributed by atoms with E-state index in [0.717, 1.165) is 48.9 Å². The average Bonchev–Trinajstić information content (AvgIpc) is 3.09. The van der Waals surface area contributed by atoms with Gasteiger partial charge in [-0.3, -0.25) is 0 Å². The molecule has 0 heterocycles. The molecule has 0 aliphatic heterocycles. The largest absolute Gasteiger partial charge is 0.396 e. The van der Waals surface area contributed by atoms with Crippen molar-refractivity contribution in [1.82, 2.24) is 0 Å². The molecular formula is C30H54O3. The lowest BCUT2D eigenvalue weighted by molar-refractivity contribution is -0.125. The first-order valence-electron chi connectivity index (χ1n) is 14.5. The van der Waals surface area contributed by atoms with Gasteiger partial charge in [-0.15, -0.1) is 0 Å². The fraction of sp³-hybridized carbons (Fsp3) is 1.00. The third-order valence-corrected chi connectivity index (χ3v) is 11.7. The smallest absolute Gasteiger partial charge is 0.0594 e. The Morgan fingerprint density at radius 2 is 1.58 bits per heavy atom. The quantitative estimate of drug-likeness (QED) is 0.382. The monoisotopic (exact) mass is 462 g/mol. The molecule has 192 valence electrons. The molecule has 4 aliphatic rings. The van der Waals surface area contributed by atoms with Crippen LogP contribution in [0.25, 0.3) is 0 Å². The molecule has 4 aliphatic carbocycles. The van der Waals surface area contributed by atoms with Crippen LogP contribution in [0.15, 0.2) is 0 Å². The summed E-state index contributed by atoms with van der Waals surface area (Å²) in [5, 5.41) is 29.6. The summed E-state index contributed by atoms with van der Waals surface area (Å²) in [6.45, 7) is 11.8. The van der Waals surface area contributed by atoms with Gasteiger partial charge >= 0.3 is 0 Å². The first kappa shape index (κ1) is 26.0. The van der Waals surface area contributed by atoms with E-state index in [0.29, 0.717) is 29.1 Å². The maximum atomic E-state index is 10.4. The predicted octanol–water partition coefficient (Wildman–Crippen LogP) is 6.58. The van der Waals surface area contributed by atoms with Crippen LogP contribution in [-0.2, 0) is 0 Å². The third kappa shape index (κ3) is 5.08. The van der Waals surface area contributed by atoms with Crippen molar-refractivity contribution in [1.29, 1.82) is 0 Å². The summed E-state index contributed by atoms with van der Waals surface area (Å²) in [6, 6.07) is 0. The normalized spacial score (nSPS) is 45.1. The molecule has 33 heavy (non-hydrogen) atoms. The topological polar surface area (TPSA) is 60.7 Å². The van der Waals surface area contributed by atoms with Gasteiger partial charge in [0, 0.05) is 6.61 Å². The molecule has 10 atom stereocenters. The van der Waals surface area contributed by atoms with Crippen LogP contribution in [0.4, 0.5) is 0 Å². The Labute approximate surface area is 204 Å². The summed E-state index contributed by atoms with van der Waals surface area (Å²) < 4.78 is 0. The Balaban J connectivity index is 1.41. The molecule has 3 heteroatoms. The molecule has 0 spiro atoms. The van der Waals surface area contributed by atoms with E-state index in [1.54, 1.807) is 0 Å². The lowest BCUT2D eigenvalue weighted by Gasteiger charge is -2.61. The number of aliphatic hydroxyl groups is 3. The molecule has 0 aromatic heterocycles. The van der Waals surface area contributed by atoms with Crippen molar-refractivity contribution in [2.75, 3.05) is 6.61 Å². The standard InChI is InChI=1S/C30H54O3/c1-20(6-8-23(32)14-17-31)25-10-11-26-24-9-7-22-18-21(19-28(2,3)33)12-15-29(22,4)27(24)13-16-30(25,26)5/h20-27,31-33H,6-19H2,1-5H3/t20-,21-,22-,23-,24+,25-,26+,27+,29+,30-/m1/s1. The highest BCUT2D eigenvalue weighted by molar-refractivity contribution is 5.09. The molecule has 0 unspecified atom stereocenters. The molecule has 3 nitrogen and oxygen atoms in total. The fourth-order valence-corrected chi connectivity index (χ4v) is 10.2. The number of rotatable bonds is 8. The minimum absolute atomic E-state index is 0.0973. The third-order valence-electron chi connectivity index (χ3n) is 11.7. The van der Waals surface area contributed by atoms with Crippen LogP contribution < -0.4 is 0 Å². The Morgan fingerprint density at radius 3 is 2.27 bits per heavy atom. The van der Waals surface area contributed by atoms with Crippen molar-refractivity contribution in [3.05, 3.63) is 0 Å². The van der Waals surface area contributed by atoms with E-state index in [-0.39, 0.29) is 12.7 Å². The second kappa shape index (κ2) is 9.74. The number of hydrogen-bond acceptors (Lipinski definition) is 3. The number of hydrogen-bond donors (Lipinski definition) is 3. The van der Waals surface area contributed by atoms with E-state index in [1.165, 1.54) is 57.8 Å². The molecule has 0 saturated heterocycles. The molecule has 0 bridgehead atoms. The highest BCUT2D eigenvalue weighted by atomic mass is 16.3. The molecule has 0 radical (unpaired) electrons. The van der Waals surface area contributed by atoms with Crippen LogP contribution in [0.1, 0.15) is 118 Å². The van der Waals surface area contributed by atoms with Crippen LogP contribution in [0, 0.1) is 52.3 Å². The predicted molar refractivity (Wildman–Crippen MR) is 136 cm³/mol. The zero-order valence-corrected chi connectivity index (χ0v) is 22.4. The van der Waals surface area contributed by atoms with E-state index in [4.69, 9.17) is 5.11 Å². The first-order chi connectivity index (χ1) is 15.5. The molecule has 3 N–H and O–H groups in total. The summed E-state index contributed by atoms with van der Waals surface area (Å²) in [5.74, 6) is 5.80. The van der Waals surface area contributed by atoms with E-state index >= 15 is 0 Å². The lowest BCUT2D eigenvalue weighted by atomic mass is 9.43. The maximum Gasteiger partial charge on any atom is 0.0594 e. The minimum atomic E-state index is -0.522. The van der Waals surface area contributed by atoms with Gasteiger partial charge in [0.15, 0.2) is 0 Å². The summed E-state index contributed by atoms with van der Waals surface area (Å²) in [7, 11) is 0. The molecule has 4 rings (SSSR count). The Morgan fingerprint density at radius 1 is 0.879 bits per heavy atom. The van der Waals surface area contributed by atoms with Crippen molar-refractivity contribution in [3.8, 4) is 0 Å². The van der Waals surface area contributed by atoms with Crippen molar-refractivity contribution in [3.63, 3.8) is 0 Å². The van der Waals surface area contributed by atoms with Crippen LogP contribution in [-0.4, -0.2) is 33.6 Å². The second-order valence-electron chi connectivity index (χ2n) is 14.3. The van der Waals surface area contributed by atoms with Crippen LogP contribution in [0.5, 0.6) is 0 Å². The first-order valence-corrected chi connectivity index (χ1v) is 14.5. The van der Waals surface area contributed by atoms with Crippen LogP contribution in [0.2, 0.25) is 0 Å². The summed E-state index contributed by atoms with van der Waals surface area (Å²) in [5.41, 5.74) is 0.494. The van der Waals surface area contributed by atoms with Crippen LogP contribution >= 0.6 is 0 Å². The van der Waals surface area contributed by atoms with Gasteiger partial charge in [0.1, 0.15) is 0 Å². The Hall–Kier alpha value is -0.120. The molecule has 0 amide bonds. The Bertz CT molecular complexity index is 655. The zero-order valence-electron chi connectivity index (χ0n) is 22.4. The molecule has 4 saturated carbocycles. The van der Waals surface area contributed by atoms with E-state index in [1.807, 2.05) is 13.8 Å². The van der Waals surface area contributed by atoms with Crippen molar-refractivity contribution < 1.29 is 15.3 Å². The minimum Gasteiger partial charge on any atom is -0.396 e. The SMILES string of the molecule is C[C@H](CC[C@@H](O)CCO)[C@H]1CC[C@H]2[C@@H]3CC[C@@H]4C[C@H](CC(C)(C)O)CC[C@]4(C)[C@H]3CC[C@]12C. The van der Waals surface area contributed by atoms with E-state index in [2.05, 4.69) is 20.8 Å². The van der Waals surface area contributed by atoms with Crippen LogP contribution in [0.3, 0.4) is 0 Å². The van der Waals surface area contributed by atoms with Gasteiger partial charge in [-0.25, -0.2) is 0 Å².